The van der Waals surface area contributed by atoms with Crippen molar-refractivity contribution in [2.75, 3.05) is 23.3 Å². The third kappa shape index (κ3) is 3.26. The van der Waals surface area contributed by atoms with Crippen LogP contribution >= 0.6 is 0 Å². The lowest BCUT2D eigenvalue weighted by Crippen LogP contribution is -2.19. The van der Waals surface area contributed by atoms with Gasteiger partial charge in [0.1, 0.15) is 0 Å². The highest BCUT2D eigenvalue weighted by molar-refractivity contribution is 5.59. The number of benzene rings is 1. The third-order valence-electron chi connectivity index (χ3n) is 5.30. The van der Waals surface area contributed by atoms with Crippen LogP contribution in [0.2, 0.25) is 0 Å². The highest BCUT2D eigenvalue weighted by atomic mass is 16.3. The number of aromatic nitrogens is 2. The second-order valence-corrected chi connectivity index (χ2v) is 7.52. The topological polar surface area (TPSA) is 61.3 Å². The predicted octanol–water partition coefficient (Wildman–Crippen LogP) is 4.56. The average molecular weight is 350 g/mol. The zero-order chi connectivity index (χ0) is 18.1. The zero-order valence-electron chi connectivity index (χ0n) is 15.4. The van der Waals surface area contributed by atoms with Crippen molar-refractivity contribution < 1.29 is 5.11 Å². The first-order valence-electron chi connectivity index (χ1n) is 9.48. The minimum Gasteiger partial charge on any atom is -0.512 e. The summed E-state index contributed by atoms with van der Waals surface area (Å²) in [6.07, 6.45) is 7.00. The Hall–Kier alpha value is -2.56. The van der Waals surface area contributed by atoms with E-state index in [-0.39, 0.29) is 11.8 Å². The zero-order valence-corrected chi connectivity index (χ0v) is 15.4. The summed E-state index contributed by atoms with van der Waals surface area (Å²) in [6.45, 7) is 6.51. The third-order valence-corrected chi connectivity index (χ3v) is 5.30. The molecule has 2 heterocycles. The van der Waals surface area contributed by atoms with Gasteiger partial charge in [-0.3, -0.25) is 0 Å². The molecule has 0 saturated carbocycles. The molecule has 2 N–H and O–H groups in total. The van der Waals surface area contributed by atoms with Crippen molar-refractivity contribution in [2.24, 2.45) is 5.92 Å². The lowest BCUT2D eigenvalue weighted by atomic mass is 9.84. The van der Waals surface area contributed by atoms with Gasteiger partial charge in [-0.2, -0.15) is 0 Å². The predicted molar refractivity (Wildman–Crippen MR) is 105 cm³/mol. The first kappa shape index (κ1) is 16.9. The minimum absolute atomic E-state index is 0.0557. The lowest BCUT2D eigenvalue weighted by molar-refractivity contribution is 0.323. The smallest absolute Gasteiger partial charge is 0.227 e. The van der Waals surface area contributed by atoms with E-state index in [4.69, 9.17) is 4.98 Å². The summed E-state index contributed by atoms with van der Waals surface area (Å²) < 4.78 is 0. The summed E-state index contributed by atoms with van der Waals surface area (Å²) in [5.41, 5.74) is 4.28. The van der Waals surface area contributed by atoms with Crippen molar-refractivity contribution in [3.05, 3.63) is 53.6 Å². The quantitative estimate of drug-likeness (QED) is 0.846. The van der Waals surface area contributed by atoms with E-state index in [1.807, 2.05) is 12.3 Å². The number of aliphatic hydroxyl groups excluding tert-OH is 1. The molecule has 1 unspecified atom stereocenters. The largest absolute Gasteiger partial charge is 0.512 e. The summed E-state index contributed by atoms with van der Waals surface area (Å²) in [5.74, 6) is 1.23. The molecule has 4 rings (SSSR count). The average Bonchev–Trinajstić information content (AvgIpc) is 3.16. The number of hydrogen-bond acceptors (Lipinski definition) is 5. The number of allylic oxidation sites excluding steroid dienone is 2. The number of hydrogen-bond donors (Lipinski definition) is 2. The molecular weight excluding hydrogens is 324 g/mol. The number of anilines is 3. The Morgan fingerprint density at radius 3 is 2.58 bits per heavy atom. The fourth-order valence-electron chi connectivity index (χ4n) is 3.91. The van der Waals surface area contributed by atoms with Crippen LogP contribution in [0, 0.1) is 5.92 Å². The van der Waals surface area contributed by atoms with Gasteiger partial charge in [-0.15, -0.1) is 0 Å². The van der Waals surface area contributed by atoms with Crippen LogP contribution in [0.5, 0.6) is 0 Å². The van der Waals surface area contributed by atoms with E-state index in [9.17, 15) is 5.11 Å². The molecule has 1 aliphatic heterocycles. The maximum absolute atomic E-state index is 10.3. The molecule has 5 heteroatoms. The molecule has 136 valence electrons. The normalized spacial score (nSPS) is 19.4. The van der Waals surface area contributed by atoms with Crippen LogP contribution in [0.15, 0.2) is 42.3 Å². The van der Waals surface area contributed by atoms with E-state index >= 15 is 0 Å². The van der Waals surface area contributed by atoms with Gasteiger partial charge in [0.05, 0.1) is 17.4 Å². The molecular formula is C21H26N4O. The van der Waals surface area contributed by atoms with E-state index in [2.05, 4.69) is 53.3 Å². The molecule has 1 fully saturated rings. The van der Waals surface area contributed by atoms with E-state index in [0.717, 1.165) is 30.0 Å². The second kappa shape index (κ2) is 6.98. The van der Waals surface area contributed by atoms with Gasteiger partial charge in [0.2, 0.25) is 5.95 Å². The summed E-state index contributed by atoms with van der Waals surface area (Å²) in [5, 5.41) is 13.6. The number of nitrogens with one attached hydrogen (secondary N) is 1. The van der Waals surface area contributed by atoms with Crippen LogP contribution in [0.4, 0.5) is 17.3 Å². The molecule has 0 amide bonds. The molecule has 1 aromatic carbocycles. The van der Waals surface area contributed by atoms with Crippen molar-refractivity contribution in [2.45, 2.75) is 39.0 Å². The monoisotopic (exact) mass is 350 g/mol. The van der Waals surface area contributed by atoms with Crippen molar-refractivity contribution in [3.63, 3.8) is 0 Å². The van der Waals surface area contributed by atoms with Crippen molar-refractivity contribution in [1.82, 2.24) is 9.97 Å². The Bertz CT molecular complexity index is 807. The van der Waals surface area contributed by atoms with Gasteiger partial charge in [-0.25, -0.2) is 9.97 Å². The van der Waals surface area contributed by atoms with Crippen LogP contribution in [0.3, 0.4) is 0 Å². The Labute approximate surface area is 154 Å². The number of nitrogens with zero attached hydrogens (tertiary/aromatic N) is 3. The Morgan fingerprint density at radius 1 is 1.15 bits per heavy atom. The van der Waals surface area contributed by atoms with Gasteiger partial charge < -0.3 is 15.3 Å². The van der Waals surface area contributed by atoms with Crippen LogP contribution in [0.25, 0.3) is 0 Å². The van der Waals surface area contributed by atoms with E-state index in [1.54, 1.807) is 0 Å². The number of rotatable bonds is 4. The minimum atomic E-state index is -0.0557. The van der Waals surface area contributed by atoms with Crippen LogP contribution in [-0.2, 0) is 6.42 Å². The maximum Gasteiger partial charge on any atom is 0.227 e. The van der Waals surface area contributed by atoms with E-state index in [0.29, 0.717) is 18.1 Å². The standard InChI is InChI=1S/C21H26N4O/c1-14(2)19-18(26)10-5-15-13-22-21(24-20(15)19)23-16-6-8-17(9-7-16)25-11-3-4-12-25/h6-10,13-14,19,26H,3-5,11-12H2,1-2H3,(H,22,23,24). The lowest BCUT2D eigenvalue weighted by Gasteiger charge is -2.26. The molecule has 26 heavy (non-hydrogen) atoms. The Kier molecular flexibility index (Phi) is 4.53. The highest BCUT2D eigenvalue weighted by Gasteiger charge is 2.28. The van der Waals surface area contributed by atoms with Gasteiger partial charge in [0.15, 0.2) is 0 Å². The van der Waals surface area contributed by atoms with Gasteiger partial charge >= 0.3 is 0 Å². The summed E-state index contributed by atoms with van der Waals surface area (Å²) in [6, 6.07) is 8.45. The van der Waals surface area contributed by atoms with Crippen LogP contribution in [0.1, 0.15) is 43.9 Å². The van der Waals surface area contributed by atoms with Crippen molar-refractivity contribution in [3.8, 4) is 0 Å². The molecule has 2 aliphatic rings. The molecule has 0 radical (unpaired) electrons. The van der Waals surface area contributed by atoms with Gasteiger partial charge in [-0.05, 0) is 61.1 Å². The van der Waals surface area contributed by atoms with E-state index < -0.39 is 0 Å². The highest BCUT2D eigenvalue weighted by Crippen LogP contribution is 2.35. The summed E-state index contributed by atoms with van der Waals surface area (Å²) in [7, 11) is 0. The molecule has 0 spiro atoms. The summed E-state index contributed by atoms with van der Waals surface area (Å²) >= 11 is 0. The molecule has 5 nitrogen and oxygen atoms in total. The van der Waals surface area contributed by atoms with Crippen molar-refractivity contribution >= 4 is 17.3 Å². The second-order valence-electron chi connectivity index (χ2n) is 7.52. The fraction of sp³-hybridized carbons (Fsp3) is 0.429. The van der Waals surface area contributed by atoms with Crippen LogP contribution < -0.4 is 10.2 Å². The Morgan fingerprint density at radius 2 is 1.88 bits per heavy atom. The van der Waals surface area contributed by atoms with Gasteiger partial charge in [0, 0.05) is 30.7 Å². The van der Waals surface area contributed by atoms with Crippen molar-refractivity contribution in [1.29, 1.82) is 0 Å². The fourth-order valence-corrected chi connectivity index (χ4v) is 3.91. The molecule has 1 aromatic heterocycles. The Balaban J connectivity index is 1.54. The molecule has 1 aliphatic carbocycles. The number of aliphatic hydroxyl groups is 1. The SMILES string of the molecule is CC(C)C1C(O)=CCc2cnc(Nc3ccc(N4CCCC4)cc3)nc21. The van der Waals surface area contributed by atoms with E-state index in [1.165, 1.54) is 18.5 Å². The van der Waals surface area contributed by atoms with Gasteiger partial charge in [-0.1, -0.05) is 13.8 Å². The molecule has 0 bridgehead atoms. The number of fused-ring (bicyclic) bond motifs is 1. The molecule has 1 saturated heterocycles. The van der Waals surface area contributed by atoms with Gasteiger partial charge in [0.25, 0.3) is 0 Å². The first-order valence-corrected chi connectivity index (χ1v) is 9.48. The first-order chi connectivity index (χ1) is 12.6. The maximum atomic E-state index is 10.3. The molecule has 1 atom stereocenters. The molecule has 2 aromatic rings. The van der Waals surface area contributed by atoms with Crippen LogP contribution in [-0.4, -0.2) is 28.2 Å². The summed E-state index contributed by atoms with van der Waals surface area (Å²) in [4.78, 5) is 11.6.